The minimum Gasteiger partial charge on any atom is -0.357 e. The molecule has 0 amide bonds. The Kier molecular flexibility index (Phi) is 5.55. The minimum atomic E-state index is 1.10. The van der Waals surface area contributed by atoms with Crippen LogP contribution in [-0.4, -0.2) is 10.7 Å². The number of hydrogen-bond acceptors (Lipinski definition) is 1. The van der Waals surface area contributed by atoms with Crippen molar-refractivity contribution in [3.63, 3.8) is 0 Å². The lowest BCUT2D eigenvalue weighted by Gasteiger charge is -2.18. The zero-order chi connectivity index (χ0) is 19.3. The maximum atomic E-state index is 4.98. The maximum absolute atomic E-state index is 4.98. The lowest BCUT2D eigenvalue weighted by atomic mass is 9.88. The molecular weight excluding hydrogens is 546 g/mol. The highest BCUT2D eigenvalue weighted by molar-refractivity contribution is 14.1. The highest BCUT2D eigenvalue weighted by Gasteiger charge is 2.26. The first-order chi connectivity index (χ1) is 12.1. The molecule has 0 aliphatic carbocycles. The molecule has 0 radical (unpaired) electrons. The second kappa shape index (κ2) is 7.26. The van der Waals surface area contributed by atoms with Crippen LogP contribution in [0.25, 0.3) is 5.57 Å². The molecule has 3 rings (SSSR count). The third-order valence-electron chi connectivity index (χ3n) is 5.04. The summed E-state index contributed by atoms with van der Waals surface area (Å²) in [6.45, 7) is 15.2. The predicted octanol–water partition coefficient (Wildman–Crippen LogP) is 7.10. The van der Waals surface area contributed by atoms with Crippen LogP contribution in [0, 0.1) is 38.2 Å². The van der Waals surface area contributed by atoms with Crippen LogP contribution in [0.1, 0.15) is 53.1 Å². The maximum Gasteiger partial charge on any atom is 0.0773 e. The molecule has 0 unspecified atom stereocenters. The largest absolute Gasteiger partial charge is 0.357 e. The van der Waals surface area contributed by atoms with Crippen LogP contribution in [0.15, 0.2) is 32.0 Å². The average Bonchev–Trinajstić information content (AvgIpc) is 2.95. The van der Waals surface area contributed by atoms with Gasteiger partial charge >= 0.3 is 0 Å². The van der Waals surface area contributed by atoms with Gasteiger partial charge in [0.1, 0.15) is 0 Å². The molecule has 4 heteroatoms. The molecule has 0 saturated heterocycles. The molecule has 2 nitrogen and oxygen atoms in total. The molecule has 0 spiro atoms. The number of H-pyrrole nitrogens is 1. The Morgan fingerprint density at radius 1 is 0.923 bits per heavy atom. The number of benzene rings is 1. The van der Waals surface area contributed by atoms with E-state index in [1.54, 1.807) is 0 Å². The van der Waals surface area contributed by atoms with Crippen LogP contribution < -0.4 is 0 Å². The minimum absolute atomic E-state index is 1.10. The van der Waals surface area contributed by atoms with E-state index in [2.05, 4.69) is 111 Å². The van der Waals surface area contributed by atoms with Crippen molar-refractivity contribution in [2.24, 2.45) is 4.99 Å². The van der Waals surface area contributed by atoms with Crippen molar-refractivity contribution in [2.45, 2.75) is 48.5 Å². The summed E-state index contributed by atoms with van der Waals surface area (Å²) in [7, 11) is 0. The molecule has 2 heterocycles. The number of aliphatic imine (C=N–C) groups is 1. The Morgan fingerprint density at radius 3 is 1.92 bits per heavy atom. The van der Waals surface area contributed by atoms with Gasteiger partial charge in [0.2, 0.25) is 0 Å². The third-order valence-corrected chi connectivity index (χ3v) is 8.25. The summed E-state index contributed by atoms with van der Waals surface area (Å²) < 4.78 is 2.56. The summed E-state index contributed by atoms with van der Waals surface area (Å²) in [5, 5.41) is 0. The quantitative estimate of drug-likeness (QED) is 0.374. The zero-order valence-electron chi connectivity index (χ0n) is 16.4. The van der Waals surface area contributed by atoms with Gasteiger partial charge in [-0.15, -0.1) is 0 Å². The number of halogens is 2. The summed E-state index contributed by atoms with van der Waals surface area (Å²) in [5.41, 5.74) is 13.6. The van der Waals surface area contributed by atoms with E-state index < -0.39 is 0 Å². The lowest BCUT2D eigenvalue weighted by Crippen LogP contribution is -2.02. The van der Waals surface area contributed by atoms with Crippen LogP contribution in [0.5, 0.6) is 0 Å². The number of nitrogens with one attached hydrogen (secondary N) is 1. The topological polar surface area (TPSA) is 28.1 Å². The van der Waals surface area contributed by atoms with E-state index in [-0.39, 0.29) is 0 Å². The predicted molar refractivity (Wildman–Crippen MR) is 129 cm³/mol. The van der Waals surface area contributed by atoms with Crippen LogP contribution >= 0.6 is 45.2 Å². The van der Waals surface area contributed by atoms with E-state index >= 15 is 0 Å². The van der Waals surface area contributed by atoms with E-state index in [0.717, 1.165) is 11.4 Å². The second-order valence-corrected chi connectivity index (χ2v) is 9.36. The zero-order valence-corrected chi connectivity index (χ0v) is 20.7. The standard InChI is InChI=1S/C22H24I2N2/c1-10-8-11(2)17(12(3)9-10)18(21-13(4)19(23)15(6)25-21)22-14(5)20(24)16(7)26-22/h8-9,25H,1-7H3/b22-18-. The Labute approximate surface area is 183 Å². The summed E-state index contributed by atoms with van der Waals surface area (Å²) in [4.78, 5) is 8.63. The van der Waals surface area contributed by atoms with Gasteiger partial charge in [-0.25, -0.2) is 0 Å². The third kappa shape index (κ3) is 3.23. The Morgan fingerprint density at radius 2 is 1.50 bits per heavy atom. The molecule has 1 N–H and O–H groups in total. The van der Waals surface area contributed by atoms with Gasteiger partial charge in [0.15, 0.2) is 0 Å². The number of rotatable bonds is 2. The fourth-order valence-electron chi connectivity index (χ4n) is 3.83. The molecule has 1 aromatic heterocycles. The molecule has 0 atom stereocenters. The summed E-state index contributed by atoms with van der Waals surface area (Å²) in [6, 6.07) is 4.54. The van der Waals surface area contributed by atoms with Gasteiger partial charge in [0.05, 0.1) is 17.1 Å². The van der Waals surface area contributed by atoms with Crippen molar-refractivity contribution < 1.29 is 0 Å². The first-order valence-corrected chi connectivity index (χ1v) is 10.9. The van der Waals surface area contributed by atoms with Crippen molar-refractivity contribution in [3.8, 4) is 0 Å². The van der Waals surface area contributed by atoms with Gasteiger partial charge in [-0.2, -0.15) is 0 Å². The fourth-order valence-corrected chi connectivity index (χ4v) is 4.61. The highest BCUT2D eigenvalue weighted by Crippen LogP contribution is 2.41. The van der Waals surface area contributed by atoms with Gasteiger partial charge in [-0.3, -0.25) is 4.99 Å². The first kappa shape index (κ1) is 19.9. The number of aryl methyl sites for hydroxylation is 4. The van der Waals surface area contributed by atoms with Gasteiger partial charge in [-0.05, 0) is 121 Å². The van der Waals surface area contributed by atoms with Crippen LogP contribution in [-0.2, 0) is 0 Å². The number of nitrogens with zero attached hydrogens (tertiary/aromatic N) is 1. The van der Waals surface area contributed by atoms with E-state index in [9.17, 15) is 0 Å². The molecular formula is C22H24I2N2. The normalized spacial score (nSPS) is 16.4. The highest BCUT2D eigenvalue weighted by atomic mass is 127. The van der Waals surface area contributed by atoms with Crippen molar-refractivity contribution >= 4 is 56.5 Å². The first-order valence-electron chi connectivity index (χ1n) is 8.73. The number of aromatic amines is 1. The van der Waals surface area contributed by atoms with Crippen molar-refractivity contribution in [3.05, 3.63) is 69.8 Å². The Bertz CT molecular complexity index is 994. The van der Waals surface area contributed by atoms with Crippen LogP contribution in [0.2, 0.25) is 0 Å². The Hall–Kier alpha value is -0.890. The van der Waals surface area contributed by atoms with Crippen LogP contribution in [0.3, 0.4) is 0 Å². The number of aromatic nitrogens is 1. The van der Waals surface area contributed by atoms with Gasteiger partial charge in [-0.1, -0.05) is 17.7 Å². The fraction of sp³-hybridized carbons (Fsp3) is 0.318. The second-order valence-electron chi connectivity index (χ2n) is 7.20. The van der Waals surface area contributed by atoms with Crippen LogP contribution in [0.4, 0.5) is 0 Å². The smallest absolute Gasteiger partial charge is 0.0773 e. The SMILES string of the molecule is CC1=N/C(=C(\c2[nH]c(C)c(I)c2C)c2c(C)cc(C)cc2C)C(C)=C1I. The van der Waals surface area contributed by atoms with E-state index in [1.165, 1.54) is 57.5 Å². The number of hydrogen-bond donors (Lipinski definition) is 1. The Balaban J connectivity index is 2.46. The average molecular weight is 570 g/mol. The molecule has 2 aromatic rings. The summed E-state index contributed by atoms with van der Waals surface area (Å²) in [6.07, 6.45) is 0. The van der Waals surface area contributed by atoms with Crippen molar-refractivity contribution in [1.29, 1.82) is 0 Å². The van der Waals surface area contributed by atoms with E-state index in [0.29, 0.717) is 0 Å². The summed E-state index contributed by atoms with van der Waals surface area (Å²) >= 11 is 4.86. The molecule has 1 aromatic carbocycles. The van der Waals surface area contributed by atoms with Crippen molar-refractivity contribution in [2.75, 3.05) is 0 Å². The monoisotopic (exact) mass is 570 g/mol. The lowest BCUT2D eigenvalue weighted by molar-refractivity contribution is 1.19. The molecule has 1 aliphatic rings. The molecule has 0 saturated carbocycles. The van der Waals surface area contributed by atoms with Crippen molar-refractivity contribution in [1.82, 2.24) is 4.98 Å². The molecule has 136 valence electrons. The summed E-state index contributed by atoms with van der Waals surface area (Å²) in [5.74, 6) is 0. The molecule has 1 aliphatic heterocycles. The molecule has 0 fully saturated rings. The van der Waals surface area contributed by atoms with Gasteiger partial charge < -0.3 is 4.98 Å². The molecule has 26 heavy (non-hydrogen) atoms. The van der Waals surface area contributed by atoms with E-state index in [1.807, 2.05) is 0 Å². The van der Waals surface area contributed by atoms with Gasteiger partial charge in [0.25, 0.3) is 0 Å². The van der Waals surface area contributed by atoms with Gasteiger partial charge in [0, 0.05) is 18.4 Å². The molecule has 0 bridgehead atoms. The number of allylic oxidation sites excluding steroid dienone is 2. The van der Waals surface area contributed by atoms with E-state index in [4.69, 9.17) is 4.99 Å².